The SMILES string of the molecule is CCC(C)n1ccc(CCC2CO2)n1. The summed E-state index contributed by atoms with van der Waals surface area (Å²) in [6, 6.07) is 2.63. The van der Waals surface area contributed by atoms with Gasteiger partial charge in [0.1, 0.15) is 0 Å². The van der Waals surface area contributed by atoms with Crippen LogP contribution in [0.4, 0.5) is 0 Å². The van der Waals surface area contributed by atoms with Crippen molar-refractivity contribution in [1.29, 1.82) is 0 Å². The van der Waals surface area contributed by atoms with E-state index in [0.29, 0.717) is 12.1 Å². The lowest BCUT2D eigenvalue weighted by Crippen LogP contribution is -2.05. The first-order valence-corrected chi connectivity index (χ1v) is 5.45. The van der Waals surface area contributed by atoms with Crippen molar-refractivity contribution in [3.05, 3.63) is 18.0 Å². The molecule has 0 radical (unpaired) electrons. The maximum atomic E-state index is 5.17. The highest BCUT2D eigenvalue weighted by Crippen LogP contribution is 2.16. The molecular formula is C11H18N2O. The molecule has 2 unspecified atom stereocenters. The lowest BCUT2D eigenvalue weighted by Gasteiger charge is -2.07. The first-order valence-electron chi connectivity index (χ1n) is 5.45. The molecule has 0 amide bonds. The standard InChI is InChI=1S/C11H18N2O/c1-3-9(2)13-7-6-10(12-13)4-5-11-8-14-11/h6-7,9,11H,3-5,8H2,1-2H3. The Labute approximate surface area is 85.1 Å². The van der Waals surface area contributed by atoms with Crippen molar-refractivity contribution in [2.45, 2.75) is 45.3 Å². The molecule has 1 saturated heterocycles. The van der Waals surface area contributed by atoms with Crippen LogP contribution in [0.25, 0.3) is 0 Å². The van der Waals surface area contributed by atoms with Gasteiger partial charge in [0.05, 0.1) is 18.4 Å². The van der Waals surface area contributed by atoms with Crippen molar-refractivity contribution >= 4 is 0 Å². The molecule has 1 fully saturated rings. The molecule has 78 valence electrons. The molecular weight excluding hydrogens is 176 g/mol. The summed E-state index contributed by atoms with van der Waals surface area (Å²) < 4.78 is 7.23. The zero-order chi connectivity index (χ0) is 9.97. The van der Waals surface area contributed by atoms with Gasteiger partial charge < -0.3 is 4.74 Å². The van der Waals surface area contributed by atoms with Crippen LogP contribution in [0.5, 0.6) is 0 Å². The molecule has 0 aliphatic carbocycles. The Kier molecular flexibility index (Phi) is 2.87. The minimum absolute atomic E-state index is 0.515. The summed E-state index contributed by atoms with van der Waals surface area (Å²) in [4.78, 5) is 0. The molecule has 1 aromatic rings. The van der Waals surface area contributed by atoms with Crippen LogP contribution in [-0.2, 0) is 11.2 Å². The molecule has 0 N–H and O–H groups in total. The normalized spacial score (nSPS) is 22.3. The van der Waals surface area contributed by atoms with E-state index in [1.807, 2.05) is 0 Å². The molecule has 0 bridgehead atoms. The van der Waals surface area contributed by atoms with Crippen molar-refractivity contribution in [3.63, 3.8) is 0 Å². The maximum Gasteiger partial charge on any atom is 0.0813 e. The Bertz CT molecular complexity index is 291. The third kappa shape index (κ3) is 2.35. The van der Waals surface area contributed by atoms with E-state index in [9.17, 15) is 0 Å². The Balaban J connectivity index is 1.87. The second-order valence-corrected chi connectivity index (χ2v) is 4.04. The van der Waals surface area contributed by atoms with Crippen LogP contribution in [0.1, 0.15) is 38.4 Å². The number of aromatic nitrogens is 2. The maximum absolute atomic E-state index is 5.17. The van der Waals surface area contributed by atoms with Gasteiger partial charge in [-0.15, -0.1) is 0 Å². The van der Waals surface area contributed by atoms with Crippen LogP contribution in [0.3, 0.4) is 0 Å². The van der Waals surface area contributed by atoms with Gasteiger partial charge >= 0.3 is 0 Å². The fourth-order valence-electron chi connectivity index (χ4n) is 1.49. The predicted molar refractivity (Wildman–Crippen MR) is 55.3 cm³/mol. The molecule has 2 atom stereocenters. The number of rotatable bonds is 5. The molecule has 0 saturated carbocycles. The van der Waals surface area contributed by atoms with Gasteiger partial charge in [-0.1, -0.05) is 6.92 Å². The van der Waals surface area contributed by atoms with E-state index >= 15 is 0 Å². The van der Waals surface area contributed by atoms with Crippen LogP contribution < -0.4 is 0 Å². The van der Waals surface area contributed by atoms with Crippen molar-refractivity contribution in [1.82, 2.24) is 9.78 Å². The third-order valence-corrected chi connectivity index (χ3v) is 2.83. The highest BCUT2D eigenvalue weighted by atomic mass is 16.6. The van der Waals surface area contributed by atoms with Gasteiger partial charge in [0.25, 0.3) is 0 Å². The van der Waals surface area contributed by atoms with E-state index in [0.717, 1.165) is 25.9 Å². The number of ether oxygens (including phenoxy) is 1. The number of nitrogens with zero attached hydrogens (tertiary/aromatic N) is 2. The van der Waals surface area contributed by atoms with Crippen molar-refractivity contribution in [2.75, 3.05) is 6.61 Å². The molecule has 2 heterocycles. The molecule has 14 heavy (non-hydrogen) atoms. The largest absolute Gasteiger partial charge is 0.373 e. The summed E-state index contributed by atoms with van der Waals surface area (Å²) in [5, 5.41) is 4.54. The van der Waals surface area contributed by atoms with Gasteiger partial charge in [0.2, 0.25) is 0 Å². The fourth-order valence-corrected chi connectivity index (χ4v) is 1.49. The van der Waals surface area contributed by atoms with Crippen LogP contribution in [0, 0.1) is 0 Å². The number of hydrogen-bond donors (Lipinski definition) is 0. The minimum Gasteiger partial charge on any atom is -0.373 e. The van der Waals surface area contributed by atoms with Gasteiger partial charge in [-0.05, 0) is 32.3 Å². The molecule has 0 aromatic carbocycles. The molecule has 3 heteroatoms. The lowest BCUT2D eigenvalue weighted by molar-refractivity contribution is 0.395. The highest BCUT2D eigenvalue weighted by Gasteiger charge is 2.22. The summed E-state index contributed by atoms with van der Waals surface area (Å²) in [7, 11) is 0. The average molecular weight is 194 g/mol. The van der Waals surface area contributed by atoms with E-state index in [1.165, 1.54) is 5.69 Å². The average Bonchev–Trinajstić information content (AvgIpc) is 2.92. The van der Waals surface area contributed by atoms with Crippen LogP contribution in [-0.4, -0.2) is 22.5 Å². The predicted octanol–water partition coefficient (Wildman–Crippen LogP) is 2.19. The second-order valence-electron chi connectivity index (χ2n) is 4.04. The molecule has 1 aliphatic heterocycles. The summed E-state index contributed by atoms with van der Waals surface area (Å²) in [6.45, 7) is 5.33. The Morgan fingerprint density at radius 2 is 2.50 bits per heavy atom. The number of hydrogen-bond acceptors (Lipinski definition) is 2. The van der Waals surface area contributed by atoms with Crippen molar-refractivity contribution in [3.8, 4) is 0 Å². The summed E-state index contributed by atoms with van der Waals surface area (Å²) in [5.41, 5.74) is 1.20. The summed E-state index contributed by atoms with van der Waals surface area (Å²) >= 11 is 0. The van der Waals surface area contributed by atoms with Gasteiger partial charge in [0.15, 0.2) is 0 Å². The third-order valence-electron chi connectivity index (χ3n) is 2.83. The number of aryl methyl sites for hydroxylation is 1. The molecule has 1 aliphatic rings. The lowest BCUT2D eigenvalue weighted by atomic mass is 10.2. The zero-order valence-electron chi connectivity index (χ0n) is 8.94. The van der Waals surface area contributed by atoms with E-state index < -0.39 is 0 Å². The van der Waals surface area contributed by atoms with Crippen LogP contribution in [0.2, 0.25) is 0 Å². The fraction of sp³-hybridized carbons (Fsp3) is 0.727. The minimum atomic E-state index is 0.515. The first-order chi connectivity index (χ1) is 6.79. The first kappa shape index (κ1) is 9.71. The topological polar surface area (TPSA) is 30.4 Å². The monoisotopic (exact) mass is 194 g/mol. The van der Waals surface area contributed by atoms with Crippen molar-refractivity contribution in [2.24, 2.45) is 0 Å². The second kappa shape index (κ2) is 4.13. The van der Waals surface area contributed by atoms with Gasteiger partial charge in [-0.25, -0.2) is 0 Å². The van der Waals surface area contributed by atoms with Crippen molar-refractivity contribution < 1.29 is 4.74 Å². The quantitative estimate of drug-likeness (QED) is 0.673. The molecule has 0 spiro atoms. The Morgan fingerprint density at radius 3 is 3.14 bits per heavy atom. The van der Waals surface area contributed by atoms with Crippen LogP contribution in [0.15, 0.2) is 12.3 Å². The Morgan fingerprint density at radius 1 is 1.71 bits per heavy atom. The van der Waals surface area contributed by atoms with Gasteiger partial charge in [0, 0.05) is 12.2 Å². The smallest absolute Gasteiger partial charge is 0.0813 e. The highest BCUT2D eigenvalue weighted by molar-refractivity contribution is 5.00. The van der Waals surface area contributed by atoms with E-state index in [2.05, 4.69) is 35.9 Å². The summed E-state index contributed by atoms with van der Waals surface area (Å²) in [5.74, 6) is 0. The number of epoxide rings is 1. The molecule has 3 nitrogen and oxygen atoms in total. The molecule has 1 aromatic heterocycles. The van der Waals surface area contributed by atoms with E-state index in [-0.39, 0.29) is 0 Å². The summed E-state index contributed by atoms with van der Waals surface area (Å²) in [6.07, 6.45) is 5.90. The molecule has 2 rings (SSSR count). The van der Waals surface area contributed by atoms with Gasteiger partial charge in [-0.3, -0.25) is 4.68 Å². The van der Waals surface area contributed by atoms with E-state index in [4.69, 9.17) is 4.74 Å². The Hall–Kier alpha value is -0.830. The zero-order valence-corrected chi connectivity index (χ0v) is 8.94. The van der Waals surface area contributed by atoms with E-state index in [1.54, 1.807) is 0 Å². The van der Waals surface area contributed by atoms with Gasteiger partial charge in [-0.2, -0.15) is 5.10 Å². The van der Waals surface area contributed by atoms with Crippen LogP contribution >= 0.6 is 0 Å².